The predicted molar refractivity (Wildman–Crippen MR) is 95.8 cm³/mol. The Hall–Kier alpha value is 0.310. The van der Waals surface area contributed by atoms with E-state index >= 15 is 0 Å². The fourth-order valence-electron chi connectivity index (χ4n) is 1.71. The van der Waals surface area contributed by atoms with Crippen molar-refractivity contribution in [1.82, 2.24) is 10.6 Å². The van der Waals surface area contributed by atoms with Crippen LogP contribution in [-0.2, 0) is 0 Å². The van der Waals surface area contributed by atoms with Crippen LogP contribution in [0.25, 0.3) is 0 Å². The molecule has 0 spiro atoms. The zero-order valence-corrected chi connectivity index (χ0v) is 15.2. The van der Waals surface area contributed by atoms with Gasteiger partial charge < -0.3 is 15.7 Å². The lowest BCUT2D eigenvalue weighted by atomic mass is 10.1. The summed E-state index contributed by atoms with van der Waals surface area (Å²) in [7, 11) is 0. The molecule has 0 radical (unpaired) electrons. The lowest BCUT2D eigenvalue weighted by Crippen LogP contribution is -2.38. The molecule has 0 aromatic rings. The third-order valence-electron chi connectivity index (χ3n) is 3.28. The minimum atomic E-state index is 0. The molecule has 0 unspecified atom stereocenters. The number of aliphatic hydroxyl groups excluding tert-OH is 1. The van der Waals surface area contributed by atoms with E-state index in [9.17, 15) is 5.11 Å². The first-order valence-electron chi connectivity index (χ1n) is 6.88. The van der Waals surface area contributed by atoms with Crippen LogP contribution >= 0.6 is 35.7 Å². The highest BCUT2D eigenvalue weighted by molar-refractivity contribution is 14.0. The van der Waals surface area contributed by atoms with Crippen LogP contribution in [-0.4, -0.2) is 49.3 Å². The molecule has 1 fully saturated rings. The molecular formula is C13H28IN3OS. The monoisotopic (exact) mass is 401 g/mol. The fourth-order valence-corrected chi connectivity index (χ4v) is 2.20. The average Bonchev–Trinajstić information content (AvgIpc) is 3.16. The van der Waals surface area contributed by atoms with Crippen molar-refractivity contribution in [3.8, 4) is 0 Å². The molecule has 4 nitrogen and oxygen atoms in total. The van der Waals surface area contributed by atoms with E-state index in [0.29, 0.717) is 0 Å². The number of unbranched alkanes of at least 4 members (excludes halogenated alkanes) is 1. The molecule has 0 atom stereocenters. The maximum atomic E-state index is 9.26. The van der Waals surface area contributed by atoms with Crippen LogP contribution in [0.4, 0.5) is 0 Å². The maximum Gasteiger partial charge on any atom is 0.191 e. The third-order valence-corrected chi connectivity index (χ3v) is 3.97. The molecule has 114 valence electrons. The van der Waals surface area contributed by atoms with Crippen molar-refractivity contribution < 1.29 is 5.11 Å². The number of rotatable bonds is 9. The molecule has 1 aliphatic carbocycles. The normalized spacial score (nSPS) is 16.7. The van der Waals surface area contributed by atoms with Crippen molar-refractivity contribution in [2.45, 2.75) is 32.6 Å². The van der Waals surface area contributed by atoms with Crippen molar-refractivity contribution in [3.05, 3.63) is 0 Å². The summed E-state index contributed by atoms with van der Waals surface area (Å²) in [6, 6.07) is 0. The van der Waals surface area contributed by atoms with Crippen LogP contribution < -0.4 is 10.6 Å². The molecule has 0 saturated heterocycles. The second-order valence-corrected chi connectivity index (χ2v) is 5.97. The van der Waals surface area contributed by atoms with Crippen LogP contribution in [0.1, 0.15) is 32.6 Å². The van der Waals surface area contributed by atoms with Crippen LogP contribution in [0.3, 0.4) is 0 Å². The summed E-state index contributed by atoms with van der Waals surface area (Å²) in [5, 5.41) is 15.9. The number of nitrogens with one attached hydrogen (secondary N) is 2. The summed E-state index contributed by atoms with van der Waals surface area (Å²) in [5.41, 5.74) is 0.0984. The van der Waals surface area contributed by atoms with Gasteiger partial charge in [-0.3, -0.25) is 4.99 Å². The first-order chi connectivity index (χ1) is 8.76. The Balaban J connectivity index is 0.00000324. The Morgan fingerprint density at radius 3 is 2.58 bits per heavy atom. The number of hydrogen-bond donors (Lipinski definition) is 3. The van der Waals surface area contributed by atoms with Gasteiger partial charge in [-0.15, -0.1) is 24.0 Å². The first kappa shape index (κ1) is 19.3. The molecule has 0 heterocycles. The van der Waals surface area contributed by atoms with Crippen molar-refractivity contribution >= 4 is 41.7 Å². The smallest absolute Gasteiger partial charge is 0.191 e. The summed E-state index contributed by atoms with van der Waals surface area (Å²) in [4.78, 5) is 4.57. The summed E-state index contributed by atoms with van der Waals surface area (Å²) in [6.07, 6.45) is 6.79. The van der Waals surface area contributed by atoms with Gasteiger partial charge in [0.15, 0.2) is 5.96 Å². The zero-order chi connectivity index (χ0) is 13.3. The van der Waals surface area contributed by atoms with Gasteiger partial charge in [0.25, 0.3) is 0 Å². The first-order valence-corrected chi connectivity index (χ1v) is 8.28. The Labute approximate surface area is 138 Å². The highest BCUT2D eigenvalue weighted by atomic mass is 127. The Kier molecular flexibility index (Phi) is 11.2. The SMILES string of the molecule is CCNC(=NCC1(CO)CC1)NCCCCSC.I. The topological polar surface area (TPSA) is 56.7 Å². The number of halogens is 1. The summed E-state index contributed by atoms with van der Waals surface area (Å²) < 4.78 is 0. The van der Waals surface area contributed by atoms with E-state index in [2.05, 4.69) is 28.8 Å². The van der Waals surface area contributed by atoms with Gasteiger partial charge in [-0.05, 0) is 44.6 Å². The highest BCUT2D eigenvalue weighted by Gasteiger charge is 2.41. The van der Waals surface area contributed by atoms with Crippen molar-refractivity contribution in [2.75, 3.05) is 38.2 Å². The highest BCUT2D eigenvalue weighted by Crippen LogP contribution is 2.45. The second-order valence-electron chi connectivity index (χ2n) is 4.98. The van der Waals surface area contributed by atoms with Gasteiger partial charge in [-0.25, -0.2) is 0 Å². The van der Waals surface area contributed by atoms with Gasteiger partial charge in [0.05, 0.1) is 13.2 Å². The van der Waals surface area contributed by atoms with Gasteiger partial charge in [0.1, 0.15) is 0 Å². The van der Waals surface area contributed by atoms with Crippen LogP contribution in [0, 0.1) is 5.41 Å². The lowest BCUT2D eigenvalue weighted by Gasteiger charge is -2.13. The van der Waals surface area contributed by atoms with E-state index in [-0.39, 0.29) is 36.0 Å². The molecule has 19 heavy (non-hydrogen) atoms. The molecule has 0 bridgehead atoms. The molecule has 0 amide bonds. The van der Waals surface area contributed by atoms with Crippen molar-refractivity contribution in [2.24, 2.45) is 10.4 Å². The van der Waals surface area contributed by atoms with E-state index in [4.69, 9.17) is 0 Å². The van der Waals surface area contributed by atoms with E-state index in [1.165, 1.54) is 18.6 Å². The summed E-state index contributed by atoms with van der Waals surface area (Å²) in [6.45, 7) is 4.93. The minimum absolute atomic E-state index is 0. The molecule has 0 aromatic heterocycles. The van der Waals surface area contributed by atoms with Crippen LogP contribution in [0.5, 0.6) is 0 Å². The summed E-state index contributed by atoms with van der Waals surface area (Å²) in [5.74, 6) is 2.12. The van der Waals surface area contributed by atoms with Gasteiger partial charge in [-0.2, -0.15) is 11.8 Å². The van der Waals surface area contributed by atoms with Gasteiger partial charge in [0.2, 0.25) is 0 Å². The number of aliphatic hydroxyl groups is 1. The van der Waals surface area contributed by atoms with Crippen LogP contribution in [0.2, 0.25) is 0 Å². The number of aliphatic imine (C=N–C) groups is 1. The van der Waals surface area contributed by atoms with Gasteiger partial charge in [-0.1, -0.05) is 0 Å². The summed E-state index contributed by atoms with van der Waals surface area (Å²) >= 11 is 1.89. The number of nitrogens with zero attached hydrogens (tertiary/aromatic N) is 1. The number of guanidine groups is 1. The molecule has 3 N–H and O–H groups in total. The largest absolute Gasteiger partial charge is 0.396 e. The molecule has 0 aromatic carbocycles. The second kappa shape index (κ2) is 11.0. The van der Waals surface area contributed by atoms with E-state index < -0.39 is 0 Å². The maximum absolute atomic E-state index is 9.26. The van der Waals surface area contributed by atoms with Crippen molar-refractivity contribution in [3.63, 3.8) is 0 Å². The Morgan fingerprint density at radius 2 is 2.05 bits per heavy atom. The average molecular weight is 401 g/mol. The molecular weight excluding hydrogens is 373 g/mol. The van der Waals surface area contributed by atoms with E-state index in [1.54, 1.807) is 0 Å². The molecule has 1 rings (SSSR count). The Morgan fingerprint density at radius 1 is 1.32 bits per heavy atom. The Bertz CT molecular complexity index is 260. The zero-order valence-electron chi connectivity index (χ0n) is 12.1. The molecule has 6 heteroatoms. The van der Waals surface area contributed by atoms with Crippen LogP contribution in [0.15, 0.2) is 4.99 Å². The molecule has 1 aliphatic rings. The van der Waals surface area contributed by atoms with E-state index in [1.807, 2.05) is 11.8 Å². The van der Waals surface area contributed by atoms with Gasteiger partial charge in [0, 0.05) is 18.5 Å². The standard InChI is InChI=1S/C13H27N3OS.HI/c1-3-14-12(15-8-4-5-9-18-2)16-10-13(11-17)6-7-13;/h17H,3-11H2,1-2H3,(H2,14,15,16);1H. The fraction of sp³-hybridized carbons (Fsp3) is 0.923. The minimum Gasteiger partial charge on any atom is -0.396 e. The lowest BCUT2D eigenvalue weighted by molar-refractivity contribution is 0.217. The quantitative estimate of drug-likeness (QED) is 0.240. The van der Waals surface area contributed by atoms with Gasteiger partial charge >= 0.3 is 0 Å². The molecule has 1 saturated carbocycles. The number of thioether (sulfide) groups is 1. The van der Waals surface area contributed by atoms with Crippen molar-refractivity contribution in [1.29, 1.82) is 0 Å². The van der Waals surface area contributed by atoms with E-state index in [0.717, 1.165) is 38.4 Å². The third kappa shape index (κ3) is 8.24. The predicted octanol–water partition coefficient (Wildman–Crippen LogP) is 2.08. The molecule has 0 aliphatic heterocycles. The number of hydrogen-bond acceptors (Lipinski definition) is 3.